The Morgan fingerprint density at radius 2 is 1.81 bits per heavy atom. The van der Waals surface area contributed by atoms with Crippen molar-refractivity contribution in [1.29, 1.82) is 0 Å². The summed E-state index contributed by atoms with van der Waals surface area (Å²) in [5.41, 5.74) is 7.24. The van der Waals surface area contributed by atoms with Gasteiger partial charge in [-0.1, -0.05) is 24.3 Å². The Balaban J connectivity index is 2.14. The van der Waals surface area contributed by atoms with Gasteiger partial charge in [0.05, 0.1) is 12.3 Å². The average Bonchev–Trinajstić information content (AvgIpc) is 2.84. The first-order valence-electron chi connectivity index (χ1n) is 6.68. The van der Waals surface area contributed by atoms with Crippen molar-refractivity contribution in [2.24, 2.45) is 5.73 Å². The molecule has 0 saturated carbocycles. The highest BCUT2D eigenvalue weighted by atomic mass is 32.2. The highest BCUT2D eigenvalue weighted by Gasteiger charge is 2.21. The zero-order valence-electron chi connectivity index (χ0n) is 12.2. The predicted octanol–water partition coefficient (Wildman–Crippen LogP) is 2.01. The number of aryl methyl sites for hydroxylation is 1. The van der Waals surface area contributed by atoms with Crippen molar-refractivity contribution in [3.05, 3.63) is 59.0 Å². The summed E-state index contributed by atoms with van der Waals surface area (Å²) in [4.78, 5) is 0. The number of hydrogen-bond donors (Lipinski definition) is 1. The molecule has 1 aromatic carbocycles. The van der Waals surface area contributed by atoms with Gasteiger partial charge in [0.2, 0.25) is 10.0 Å². The molecule has 114 valence electrons. The number of hydrogen-bond acceptors (Lipinski definition) is 4. The lowest BCUT2D eigenvalue weighted by Gasteiger charge is -2.17. The Morgan fingerprint density at radius 3 is 2.38 bits per heavy atom. The van der Waals surface area contributed by atoms with E-state index in [-0.39, 0.29) is 12.3 Å². The number of rotatable bonds is 6. The molecule has 0 radical (unpaired) electrons. The summed E-state index contributed by atoms with van der Waals surface area (Å²) >= 11 is 0. The molecule has 1 heterocycles. The minimum atomic E-state index is -3.42. The van der Waals surface area contributed by atoms with Crippen molar-refractivity contribution in [3.63, 3.8) is 0 Å². The highest BCUT2D eigenvalue weighted by molar-refractivity contribution is 7.88. The molecule has 2 N–H and O–H groups in total. The molecule has 0 aliphatic heterocycles. The van der Waals surface area contributed by atoms with E-state index in [1.54, 1.807) is 19.2 Å². The zero-order chi connectivity index (χ0) is 15.5. The number of furan rings is 1. The normalized spacial score (nSPS) is 12.0. The summed E-state index contributed by atoms with van der Waals surface area (Å²) in [5.74, 6) is 1.34. The molecule has 2 rings (SSSR count). The second-order valence-electron chi connectivity index (χ2n) is 5.00. The molecule has 0 fully saturated rings. The highest BCUT2D eigenvalue weighted by Crippen LogP contribution is 2.17. The number of nitrogens with two attached hydrogens (primary N) is 1. The van der Waals surface area contributed by atoms with Crippen LogP contribution in [-0.2, 0) is 28.9 Å². The SMILES string of the molecule is Cc1ccc(CN(C)S(=O)(=O)Cc2ccccc2CN)o1. The van der Waals surface area contributed by atoms with E-state index in [1.807, 2.05) is 31.2 Å². The molecule has 21 heavy (non-hydrogen) atoms. The van der Waals surface area contributed by atoms with Crippen LogP contribution in [0, 0.1) is 6.92 Å². The van der Waals surface area contributed by atoms with Crippen molar-refractivity contribution in [2.75, 3.05) is 7.05 Å². The molecule has 0 aliphatic carbocycles. The largest absolute Gasteiger partial charge is 0.465 e. The van der Waals surface area contributed by atoms with Crippen LogP contribution in [-0.4, -0.2) is 19.8 Å². The van der Waals surface area contributed by atoms with E-state index in [9.17, 15) is 8.42 Å². The van der Waals surface area contributed by atoms with Crippen LogP contribution >= 0.6 is 0 Å². The summed E-state index contributed by atoms with van der Waals surface area (Å²) in [6.07, 6.45) is 0. The van der Waals surface area contributed by atoms with Crippen LogP contribution in [0.2, 0.25) is 0 Å². The van der Waals surface area contributed by atoms with Gasteiger partial charge in [-0.15, -0.1) is 0 Å². The summed E-state index contributed by atoms with van der Waals surface area (Å²) in [7, 11) is -1.86. The fourth-order valence-electron chi connectivity index (χ4n) is 2.09. The molecule has 0 atom stereocenters. The maximum absolute atomic E-state index is 12.4. The Bertz CT molecular complexity index is 707. The Labute approximate surface area is 125 Å². The topological polar surface area (TPSA) is 76.5 Å². The van der Waals surface area contributed by atoms with Crippen molar-refractivity contribution in [3.8, 4) is 0 Å². The van der Waals surface area contributed by atoms with E-state index >= 15 is 0 Å². The first kappa shape index (κ1) is 15.8. The number of benzene rings is 1. The minimum Gasteiger partial charge on any atom is -0.465 e. The lowest BCUT2D eigenvalue weighted by atomic mass is 10.1. The van der Waals surface area contributed by atoms with E-state index < -0.39 is 10.0 Å². The van der Waals surface area contributed by atoms with Gasteiger partial charge >= 0.3 is 0 Å². The van der Waals surface area contributed by atoms with Crippen molar-refractivity contribution >= 4 is 10.0 Å². The molecular weight excluding hydrogens is 288 g/mol. The molecule has 5 nitrogen and oxygen atoms in total. The van der Waals surface area contributed by atoms with Crippen molar-refractivity contribution in [1.82, 2.24) is 4.31 Å². The van der Waals surface area contributed by atoms with Crippen LogP contribution in [0.4, 0.5) is 0 Å². The Kier molecular flexibility index (Phi) is 4.82. The van der Waals surface area contributed by atoms with E-state index in [0.717, 1.165) is 16.9 Å². The van der Waals surface area contributed by atoms with Crippen LogP contribution in [0.25, 0.3) is 0 Å². The predicted molar refractivity (Wildman–Crippen MR) is 81.9 cm³/mol. The zero-order valence-corrected chi connectivity index (χ0v) is 13.1. The quantitative estimate of drug-likeness (QED) is 0.885. The fraction of sp³-hybridized carbons (Fsp3) is 0.333. The van der Waals surface area contributed by atoms with E-state index in [4.69, 9.17) is 10.2 Å². The van der Waals surface area contributed by atoms with Gasteiger partial charge in [0.15, 0.2) is 0 Å². The summed E-state index contributed by atoms with van der Waals surface area (Å²) in [5, 5.41) is 0. The van der Waals surface area contributed by atoms with E-state index in [1.165, 1.54) is 4.31 Å². The van der Waals surface area contributed by atoms with Crippen LogP contribution in [0.5, 0.6) is 0 Å². The fourth-order valence-corrected chi connectivity index (χ4v) is 3.31. The monoisotopic (exact) mass is 308 g/mol. The Morgan fingerprint density at radius 1 is 1.14 bits per heavy atom. The molecule has 0 amide bonds. The third-order valence-electron chi connectivity index (χ3n) is 3.33. The molecule has 0 saturated heterocycles. The van der Waals surface area contributed by atoms with Gasteiger partial charge < -0.3 is 10.2 Å². The maximum Gasteiger partial charge on any atom is 0.218 e. The summed E-state index contributed by atoms with van der Waals surface area (Å²) in [6.45, 7) is 2.38. The van der Waals surface area contributed by atoms with Gasteiger partial charge in [-0.25, -0.2) is 8.42 Å². The second kappa shape index (κ2) is 6.43. The van der Waals surface area contributed by atoms with Gasteiger partial charge in [-0.05, 0) is 30.2 Å². The minimum absolute atomic E-state index is 0.0590. The van der Waals surface area contributed by atoms with Gasteiger partial charge in [0, 0.05) is 13.6 Å². The van der Waals surface area contributed by atoms with Gasteiger partial charge in [-0.2, -0.15) is 4.31 Å². The maximum atomic E-state index is 12.4. The average molecular weight is 308 g/mol. The van der Waals surface area contributed by atoms with E-state index in [0.29, 0.717) is 12.3 Å². The third kappa shape index (κ3) is 3.93. The van der Waals surface area contributed by atoms with Crippen molar-refractivity contribution in [2.45, 2.75) is 25.8 Å². The molecular formula is C15H20N2O3S. The first-order chi connectivity index (χ1) is 9.92. The van der Waals surface area contributed by atoms with Gasteiger partial charge in [0.25, 0.3) is 0 Å². The summed E-state index contributed by atoms with van der Waals surface area (Å²) < 4.78 is 31.6. The molecule has 0 unspecified atom stereocenters. The lowest BCUT2D eigenvalue weighted by molar-refractivity contribution is 0.397. The van der Waals surface area contributed by atoms with Gasteiger partial charge in [-0.3, -0.25) is 0 Å². The molecule has 2 aromatic rings. The molecule has 6 heteroatoms. The number of sulfonamides is 1. The van der Waals surface area contributed by atoms with Crippen LogP contribution in [0.3, 0.4) is 0 Å². The standard InChI is InChI=1S/C15H20N2O3S/c1-12-7-8-15(20-12)10-17(2)21(18,19)11-14-6-4-3-5-13(14)9-16/h3-8H,9-11,16H2,1-2H3. The molecule has 1 aromatic heterocycles. The molecule has 0 bridgehead atoms. The second-order valence-corrected chi connectivity index (χ2v) is 7.07. The van der Waals surface area contributed by atoms with Gasteiger partial charge in [0.1, 0.15) is 11.5 Å². The molecule has 0 spiro atoms. The molecule has 0 aliphatic rings. The van der Waals surface area contributed by atoms with Crippen LogP contribution in [0.1, 0.15) is 22.6 Å². The summed E-state index contributed by atoms with van der Waals surface area (Å²) in [6, 6.07) is 10.9. The Hall–Kier alpha value is -1.63. The number of nitrogens with zero attached hydrogens (tertiary/aromatic N) is 1. The smallest absolute Gasteiger partial charge is 0.218 e. The van der Waals surface area contributed by atoms with E-state index in [2.05, 4.69) is 0 Å². The first-order valence-corrected chi connectivity index (χ1v) is 8.29. The van der Waals surface area contributed by atoms with Crippen LogP contribution in [0.15, 0.2) is 40.8 Å². The van der Waals surface area contributed by atoms with Crippen LogP contribution < -0.4 is 5.73 Å². The lowest BCUT2D eigenvalue weighted by Crippen LogP contribution is -2.28. The third-order valence-corrected chi connectivity index (χ3v) is 5.08. The van der Waals surface area contributed by atoms with Crippen molar-refractivity contribution < 1.29 is 12.8 Å².